The van der Waals surface area contributed by atoms with E-state index in [0.717, 1.165) is 5.69 Å². The molecule has 0 unspecified atom stereocenters. The van der Waals surface area contributed by atoms with Crippen molar-refractivity contribution in [1.82, 2.24) is 15.0 Å². The molecule has 0 atom stereocenters. The highest BCUT2D eigenvalue weighted by Crippen LogP contribution is 2.27. The first-order chi connectivity index (χ1) is 8.38. The van der Waals surface area contributed by atoms with Crippen LogP contribution in [0, 0.1) is 0 Å². The molecule has 0 saturated heterocycles. The normalized spacial score (nSPS) is 11.6. The van der Waals surface area contributed by atoms with Crippen molar-refractivity contribution in [1.29, 1.82) is 0 Å². The first-order valence-corrected chi connectivity index (χ1v) is 6.29. The van der Waals surface area contributed by atoms with Crippen molar-refractivity contribution in [2.75, 3.05) is 0 Å². The van der Waals surface area contributed by atoms with Crippen LogP contribution in [0.4, 0.5) is 0 Å². The Kier molecular flexibility index (Phi) is 3.55. The van der Waals surface area contributed by atoms with E-state index in [0.29, 0.717) is 21.7 Å². The van der Waals surface area contributed by atoms with Gasteiger partial charge in [-0.3, -0.25) is 4.98 Å². The summed E-state index contributed by atoms with van der Waals surface area (Å²) in [5.41, 5.74) is 1.30. The molecule has 0 spiro atoms. The van der Waals surface area contributed by atoms with Gasteiger partial charge >= 0.3 is 0 Å². The van der Waals surface area contributed by atoms with E-state index in [2.05, 4.69) is 35.7 Å². The molecule has 2 aromatic heterocycles. The Morgan fingerprint density at radius 1 is 1.11 bits per heavy atom. The lowest BCUT2D eigenvalue weighted by molar-refractivity contribution is 0.567. The van der Waals surface area contributed by atoms with E-state index in [1.165, 1.54) is 0 Å². The zero-order chi connectivity index (χ0) is 13.3. The molecule has 0 bridgehead atoms. The number of nitrogens with zero attached hydrogens (tertiary/aromatic N) is 3. The van der Waals surface area contributed by atoms with Crippen LogP contribution < -0.4 is 0 Å². The van der Waals surface area contributed by atoms with Crippen LogP contribution in [0.2, 0.25) is 10.2 Å². The van der Waals surface area contributed by atoms with Crippen molar-refractivity contribution in [3.8, 4) is 11.5 Å². The van der Waals surface area contributed by atoms with E-state index in [1.54, 1.807) is 24.4 Å². The largest absolute Gasteiger partial charge is 0.251 e. The Morgan fingerprint density at radius 3 is 2.44 bits per heavy atom. The molecule has 0 aromatic carbocycles. The van der Waals surface area contributed by atoms with Gasteiger partial charge in [0.1, 0.15) is 10.8 Å². The number of aromatic nitrogens is 3. The molecule has 0 aliphatic carbocycles. The number of pyridine rings is 1. The van der Waals surface area contributed by atoms with E-state index < -0.39 is 0 Å². The van der Waals surface area contributed by atoms with Crippen LogP contribution in [-0.2, 0) is 5.41 Å². The van der Waals surface area contributed by atoms with Gasteiger partial charge in [0.05, 0.1) is 10.7 Å². The fourth-order valence-electron chi connectivity index (χ4n) is 1.46. The molecule has 0 amide bonds. The van der Waals surface area contributed by atoms with Crippen molar-refractivity contribution in [2.24, 2.45) is 0 Å². The Bertz CT molecular complexity index is 577. The van der Waals surface area contributed by atoms with Gasteiger partial charge in [0.2, 0.25) is 0 Å². The summed E-state index contributed by atoms with van der Waals surface area (Å²) in [6.45, 7) is 6.19. The molecule has 18 heavy (non-hydrogen) atoms. The average molecular weight is 282 g/mol. The van der Waals surface area contributed by atoms with Crippen LogP contribution >= 0.6 is 23.2 Å². The fourth-order valence-corrected chi connectivity index (χ4v) is 1.85. The summed E-state index contributed by atoms with van der Waals surface area (Å²) in [5, 5.41) is 0.909. The number of rotatable bonds is 1. The van der Waals surface area contributed by atoms with Crippen LogP contribution in [0.1, 0.15) is 26.5 Å². The second-order valence-electron chi connectivity index (χ2n) is 4.98. The maximum atomic E-state index is 6.09. The maximum absolute atomic E-state index is 6.09. The van der Waals surface area contributed by atoms with E-state index in [4.69, 9.17) is 23.2 Å². The first-order valence-electron chi connectivity index (χ1n) is 5.54. The molecular weight excluding hydrogens is 269 g/mol. The molecule has 0 N–H and O–H groups in total. The van der Waals surface area contributed by atoms with Crippen molar-refractivity contribution in [2.45, 2.75) is 26.2 Å². The van der Waals surface area contributed by atoms with E-state index >= 15 is 0 Å². The second kappa shape index (κ2) is 4.82. The summed E-state index contributed by atoms with van der Waals surface area (Å²) in [4.78, 5) is 12.9. The molecule has 2 aromatic rings. The SMILES string of the molecule is CC(C)(C)c1cc(Cl)nc(-c2ncccc2Cl)n1. The molecule has 94 valence electrons. The van der Waals surface area contributed by atoms with Gasteiger partial charge in [-0.05, 0) is 18.2 Å². The maximum Gasteiger partial charge on any atom is 0.181 e. The number of hydrogen-bond donors (Lipinski definition) is 0. The molecule has 0 saturated carbocycles. The lowest BCUT2D eigenvalue weighted by Crippen LogP contribution is -2.14. The van der Waals surface area contributed by atoms with Gasteiger partial charge in [0.25, 0.3) is 0 Å². The first kappa shape index (κ1) is 13.2. The van der Waals surface area contributed by atoms with Gasteiger partial charge in [-0.25, -0.2) is 9.97 Å². The van der Waals surface area contributed by atoms with Crippen LogP contribution in [0.15, 0.2) is 24.4 Å². The highest BCUT2D eigenvalue weighted by atomic mass is 35.5. The minimum Gasteiger partial charge on any atom is -0.251 e. The topological polar surface area (TPSA) is 38.7 Å². The third-order valence-electron chi connectivity index (χ3n) is 2.43. The van der Waals surface area contributed by atoms with Gasteiger partial charge in [0, 0.05) is 11.6 Å². The van der Waals surface area contributed by atoms with E-state index in [9.17, 15) is 0 Å². The quantitative estimate of drug-likeness (QED) is 0.738. The lowest BCUT2D eigenvalue weighted by Gasteiger charge is -2.18. The van der Waals surface area contributed by atoms with Gasteiger partial charge in [-0.15, -0.1) is 0 Å². The molecule has 0 aliphatic heterocycles. The summed E-state index contributed by atoms with van der Waals surface area (Å²) < 4.78 is 0. The standard InChI is InChI=1S/C13H13Cl2N3/c1-13(2,3)9-7-10(15)18-12(17-9)11-8(14)5-4-6-16-11/h4-7H,1-3H3. The monoisotopic (exact) mass is 281 g/mol. The summed E-state index contributed by atoms with van der Waals surface area (Å²) in [6, 6.07) is 5.29. The average Bonchev–Trinajstić information content (AvgIpc) is 2.27. The zero-order valence-electron chi connectivity index (χ0n) is 10.4. The van der Waals surface area contributed by atoms with Gasteiger partial charge in [0.15, 0.2) is 5.82 Å². The molecule has 2 heterocycles. The fraction of sp³-hybridized carbons (Fsp3) is 0.308. The van der Waals surface area contributed by atoms with Crippen molar-refractivity contribution in [3.05, 3.63) is 40.3 Å². The van der Waals surface area contributed by atoms with Crippen molar-refractivity contribution in [3.63, 3.8) is 0 Å². The Labute approximate surface area is 116 Å². The van der Waals surface area contributed by atoms with Crippen molar-refractivity contribution < 1.29 is 0 Å². The molecule has 0 radical (unpaired) electrons. The molecule has 5 heteroatoms. The predicted octanol–water partition coefficient (Wildman–Crippen LogP) is 4.14. The third-order valence-corrected chi connectivity index (χ3v) is 2.93. The van der Waals surface area contributed by atoms with Gasteiger partial charge in [-0.2, -0.15) is 0 Å². The molecule has 0 aliphatic rings. The Hall–Kier alpha value is -1.19. The summed E-state index contributed by atoms with van der Waals surface area (Å²) in [7, 11) is 0. The molecule has 0 fully saturated rings. The zero-order valence-corrected chi connectivity index (χ0v) is 11.9. The van der Waals surface area contributed by atoms with Gasteiger partial charge < -0.3 is 0 Å². The Morgan fingerprint density at radius 2 is 1.83 bits per heavy atom. The smallest absolute Gasteiger partial charge is 0.181 e. The Balaban J connectivity index is 2.60. The van der Waals surface area contributed by atoms with Crippen LogP contribution in [0.5, 0.6) is 0 Å². The number of halogens is 2. The van der Waals surface area contributed by atoms with E-state index in [1.807, 2.05) is 0 Å². The summed E-state index contributed by atoms with van der Waals surface area (Å²) >= 11 is 12.1. The van der Waals surface area contributed by atoms with Crippen molar-refractivity contribution >= 4 is 23.2 Å². The second-order valence-corrected chi connectivity index (χ2v) is 5.78. The molecule has 3 nitrogen and oxygen atoms in total. The third kappa shape index (κ3) is 2.79. The molecular formula is C13H13Cl2N3. The van der Waals surface area contributed by atoms with Crippen LogP contribution in [-0.4, -0.2) is 15.0 Å². The number of hydrogen-bond acceptors (Lipinski definition) is 3. The minimum atomic E-state index is -0.109. The molecule has 2 rings (SSSR count). The van der Waals surface area contributed by atoms with Crippen LogP contribution in [0.25, 0.3) is 11.5 Å². The van der Waals surface area contributed by atoms with Crippen LogP contribution in [0.3, 0.4) is 0 Å². The van der Waals surface area contributed by atoms with Gasteiger partial charge in [-0.1, -0.05) is 44.0 Å². The highest BCUT2D eigenvalue weighted by Gasteiger charge is 2.19. The minimum absolute atomic E-state index is 0.109. The summed E-state index contributed by atoms with van der Waals surface area (Å²) in [6.07, 6.45) is 1.66. The highest BCUT2D eigenvalue weighted by molar-refractivity contribution is 6.33. The predicted molar refractivity (Wildman–Crippen MR) is 74.0 cm³/mol. The van der Waals surface area contributed by atoms with E-state index in [-0.39, 0.29) is 5.41 Å². The summed E-state index contributed by atoms with van der Waals surface area (Å²) in [5.74, 6) is 0.457. The lowest BCUT2D eigenvalue weighted by atomic mass is 9.92.